The van der Waals surface area contributed by atoms with Crippen LogP contribution >= 0.6 is 0 Å². The molecule has 1 atom stereocenters. The lowest BCUT2D eigenvalue weighted by Gasteiger charge is -2.04. The molecule has 0 unspecified atom stereocenters. The molecule has 2 rings (SSSR count). The highest BCUT2D eigenvalue weighted by Crippen LogP contribution is 2.19. The van der Waals surface area contributed by atoms with E-state index in [1.807, 2.05) is 30.3 Å². The summed E-state index contributed by atoms with van der Waals surface area (Å²) in [5.41, 5.74) is 2.12. The zero-order chi connectivity index (χ0) is 10.7. The molecule has 0 saturated heterocycles. The van der Waals surface area contributed by atoms with Crippen molar-refractivity contribution in [3.05, 3.63) is 42.1 Å². The molecule has 0 saturated carbocycles. The van der Waals surface area contributed by atoms with Gasteiger partial charge in [0.05, 0.1) is 12.3 Å². The average molecular weight is 203 g/mol. The largest absolute Gasteiger partial charge is 0.393 e. The Labute approximate surface area is 88.3 Å². The van der Waals surface area contributed by atoms with Gasteiger partial charge in [-0.15, -0.1) is 0 Å². The van der Waals surface area contributed by atoms with Crippen LogP contribution in [0.25, 0.3) is 11.3 Å². The molecule has 15 heavy (non-hydrogen) atoms. The Morgan fingerprint density at radius 3 is 2.53 bits per heavy atom. The number of hydrogen-bond acceptors (Lipinski definition) is 3. The number of aromatic nitrogens is 1. The first kappa shape index (κ1) is 9.93. The van der Waals surface area contributed by atoms with E-state index < -0.39 is 0 Å². The molecule has 0 aliphatic heterocycles. The Balaban J connectivity index is 2.17. The first-order valence-corrected chi connectivity index (χ1v) is 4.94. The quantitative estimate of drug-likeness (QED) is 0.832. The Morgan fingerprint density at radius 1 is 1.27 bits per heavy atom. The van der Waals surface area contributed by atoms with Gasteiger partial charge in [0.25, 0.3) is 0 Å². The van der Waals surface area contributed by atoms with Crippen LogP contribution in [0.3, 0.4) is 0 Å². The van der Waals surface area contributed by atoms with Gasteiger partial charge in [0.2, 0.25) is 0 Å². The molecule has 0 amide bonds. The van der Waals surface area contributed by atoms with Gasteiger partial charge in [0.15, 0.2) is 5.76 Å². The second-order valence-corrected chi connectivity index (χ2v) is 3.63. The van der Waals surface area contributed by atoms with E-state index in [1.54, 1.807) is 13.1 Å². The van der Waals surface area contributed by atoms with Gasteiger partial charge < -0.3 is 9.63 Å². The summed E-state index contributed by atoms with van der Waals surface area (Å²) in [6.07, 6.45) is 2.00. The molecule has 1 N–H and O–H groups in total. The Kier molecular flexibility index (Phi) is 2.83. The molecular formula is C12H13NO2. The zero-order valence-electron chi connectivity index (χ0n) is 8.55. The molecular weight excluding hydrogens is 190 g/mol. The van der Waals surface area contributed by atoms with Crippen molar-refractivity contribution in [1.29, 1.82) is 0 Å². The summed E-state index contributed by atoms with van der Waals surface area (Å²) in [6, 6.07) is 9.75. The highest BCUT2D eigenvalue weighted by molar-refractivity contribution is 5.56. The van der Waals surface area contributed by atoms with E-state index in [1.165, 1.54) is 0 Å². The van der Waals surface area contributed by atoms with E-state index in [2.05, 4.69) is 5.16 Å². The van der Waals surface area contributed by atoms with Crippen LogP contribution in [0.4, 0.5) is 0 Å². The number of aliphatic hydroxyl groups is 1. The second-order valence-electron chi connectivity index (χ2n) is 3.63. The monoisotopic (exact) mass is 203 g/mol. The number of hydrogen-bond donors (Lipinski definition) is 1. The van der Waals surface area contributed by atoms with Gasteiger partial charge in [-0.05, 0) is 18.9 Å². The van der Waals surface area contributed by atoms with Crippen LogP contribution in [0, 0.1) is 0 Å². The maximum absolute atomic E-state index is 9.23. The second kappa shape index (κ2) is 4.28. The summed E-state index contributed by atoms with van der Waals surface area (Å²) < 4.78 is 5.04. The molecule has 3 nitrogen and oxygen atoms in total. The molecule has 1 heterocycles. The summed E-state index contributed by atoms with van der Waals surface area (Å²) in [4.78, 5) is 0. The lowest BCUT2D eigenvalue weighted by molar-refractivity contribution is 0.195. The van der Waals surface area contributed by atoms with E-state index >= 15 is 0 Å². The summed E-state index contributed by atoms with van der Waals surface area (Å²) in [7, 11) is 0. The normalized spacial score (nSPS) is 12.7. The number of benzene rings is 1. The van der Waals surface area contributed by atoms with E-state index in [0.29, 0.717) is 6.42 Å². The molecule has 0 fully saturated rings. The first-order chi connectivity index (χ1) is 7.25. The fourth-order valence-electron chi connectivity index (χ4n) is 1.51. The minimum Gasteiger partial charge on any atom is -0.393 e. The molecule has 0 aliphatic carbocycles. The standard InChI is InChI=1S/C12H13NO2/c1-9(14)8-10-2-4-11(5-3-10)12-6-7-13-15-12/h2-7,9,14H,8H2,1H3/t9-/m0/s1. The fraction of sp³-hybridized carbons (Fsp3) is 0.250. The smallest absolute Gasteiger partial charge is 0.166 e. The molecule has 0 radical (unpaired) electrons. The van der Waals surface area contributed by atoms with Crippen LogP contribution in [0.1, 0.15) is 12.5 Å². The van der Waals surface area contributed by atoms with Gasteiger partial charge >= 0.3 is 0 Å². The zero-order valence-corrected chi connectivity index (χ0v) is 8.55. The summed E-state index contributed by atoms with van der Waals surface area (Å²) >= 11 is 0. The van der Waals surface area contributed by atoms with Crippen LogP contribution in [-0.4, -0.2) is 16.4 Å². The summed E-state index contributed by atoms with van der Waals surface area (Å²) in [5.74, 6) is 0.763. The highest BCUT2D eigenvalue weighted by Gasteiger charge is 2.02. The van der Waals surface area contributed by atoms with Crippen LogP contribution < -0.4 is 0 Å². The lowest BCUT2D eigenvalue weighted by atomic mass is 10.1. The van der Waals surface area contributed by atoms with Crippen molar-refractivity contribution in [3.63, 3.8) is 0 Å². The van der Waals surface area contributed by atoms with Crippen LogP contribution in [0.2, 0.25) is 0 Å². The third-order valence-corrected chi connectivity index (χ3v) is 2.21. The van der Waals surface area contributed by atoms with E-state index in [4.69, 9.17) is 4.52 Å². The first-order valence-electron chi connectivity index (χ1n) is 4.94. The number of aliphatic hydroxyl groups excluding tert-OH is 1. The van der Waals surface area contributed by atoms with Crippen molar-refractivity contribution in [1.82, 2.24) is 5.16 Å². The Morgan fingerprint density at radius 2 is 2.00 bits per heavy atom. The summed E-state index contributed by atoms with van der Waals surface area (Å²) in [6.45, 7) is 1.78. The predicted octanol–water partition coefficient (Wildman–Crippen LogP) is 2.26. The molecule has 2 aromatic rings. The third kappa shape index (κ3) is 2.44. The maximum atomic E-state index is 9.23. The van der Waals surface area contributed by atoms with Gasteiger partial charge in [-0.2, -0.15) is 0 Å². The van der Waals surface area contributed by atoms with Gasteiger partial charge in [-0.3, -0.25) is 0 Å². The topological polar surface area (TPSA) is 46.3 Å². The van der Waals surface area contributed by atoms with E-state index in [9.17, 15) is 5.11 Å². The van der Waals surface area contributed by atoms with Crippen molar-refractivity contribution >= 4 is 0 Å². The molecule has 0 bridgehead atoms. The minimum atomic E-state index is -0.305. The van der Waals surface area contributed by atoms with Gasteiger partial charge in [0, 0.05) is 11.6 Å². The van der Waals surface area contributed by atoms with Crippen LogP contribution in [0.15, 0.2) is 41.1 Å². The molecule has 78 valence electrons. The van der Waals surface area contributed by atoms with Gasteiger partial charge in [-0.1, -0.05) is 29.4 Å². The van der Waals surface area contributed by atoms with Crippen LogP contribution in [0.5, 0.6) is 0 Å². The maximum Gasteiger partial charge on any atom is 0.166 e. The van der Waals surface area contributed by atoms with Crippen molar-refractivity contribution in [2.45, 2.75) is 19.4 Å². The van der Waals surface area contributed by atoms with E-state index in [0.717, 1.165) is 16.9 Å². The van der Waals surface area contributed by atoms with Crippen molar-refractivity contribution in [2.75, 3.05) is 0 Å². The van der Waals surface area contributed by atoms with Crippen molar-refractivity contribution in [2.24, 2.45) is 0 Å². The van der Waals surface area contributed by atoms with E-state index in [-0.39, 0.29) is 6.10 Å². The van der Waals surface area contributed by atoms with Crippen LogP contribution in [-0.2, 0) is 6.42 Å². The average Bonchev–Trinajstić information content (AvgIpc) is 2.71. The molecule has 3 heteroatoms. The number of rotatable bonds is 3. The summed E-state index contributed by atoms with van der Waals surface area (Å²) in [5, 5.41) is 12.9. The van der Waals surface area contributed by atoms with Crippen molar-refractivity contribution in [3.8, 4) is 11.3 Å². The van der Waals surface area contributed by atoms with Crippen molar-refractivity contribution < 1.29 is 9.63 Å². The Bertz CT molecular complexity index is 404. The minimum absolute atomic E-state index is 0.305. The van der Waals surface area contributed by atoms with Gasteiger partial charge in [-0.25, -0.2) is 0 Å². The highest BCUT2D eigenvalue weighted by atomic mass is 16.5. The molecule has 1 aromatic carbocycles. The number of nitrogens with zero attached hydrogens (tertiary/aromatic N) is 1. The third-order valence-electron chi connectivity index (χ3n) is 2.21. The molecule has 1 aromatic heterocycles. The molecule has 0 spiro atoms. The SMILES string of the molecule is C[C@H](O)Cc1ccc(-c2ccno2)cc1. The van der Waals surface area contributed by atoms with Gasteiger partial charge in [0.1, 0.15) is 0 Å². The predicted molar refractivity (Wildman–Crippen MR) is 57.3 cm³/mol. The fourth-order valence-corrected chi connectivity index (χ4v) is 1.51. The Hall–Kier alpha value is -1.61. The molecule has 0 aliphatic rings. The lowest BCUT2D eigenvalue weighted by Crippen LogP contribution is -2.03.